The van der Waals surface area contributed by atoms with Crippen molar-refractivity contribution < 1.29 is 4.79 Å². The van der Waals surface area contributed by atoms with Gasteiger partial charge in [-0.15, -0.1) is 0 Å². The van der Waals surface area contributed by atoms with Crippen LogP contribution in [-0.2, 0) is 4.79 Å². The van der Waals surface area contributed by atoms with Gasteiger partial charge in [-0.1, -0.05) is 6.92 Å². The van der Waals surface area contributed by atoms with Gasteiger partial charge in [0.15, 0.2) is 0 Å². The number of carbonyl (C=O) groups excluding carboxylic acids is 1. The fraction of sp³-hybridized carbons (Fsp3) is 0.917. The van der Waals surface area contributed by atoms with Crippen molar-refractivity contribution in [3.05, 3.63) is 0 Å². The number of amides is 1. The zero-order chi connectivity index (χ0) is 10.7. The average Bonchev–Trinajstić information content (AvgIpc) is 2.71. The van der Waals surface area contributed by atoms with Gasteiger partial charge in [0.05, 0.1) is 0 Å². The Kier molecular flexibility index (Phi) is 3.62. The Labute approximate surface area is 92.0 Å². The van der Waals surface area contributed by atoms with Crippen molar-refractivity contribution in [2.75, 3.05) is 13.1 Å². The molecule has 3 nitrogen and oxygen atoms in total. The molecular weight excluding hydrogens is 188 g/mol. The summed E-state index contributed by atoms with van der Waals surface area (Å²) < 4.78 is 0. The van der Waals surface area contributed by atoms with Crippen LogP contribution in [0.4, 0.5) is 0 Å². The van der Waals surface area contributed by atoms with Crippen LogP contribution in [0.3, 0.4) is 0 Å². The second kappa shape index (κ2) is 4.97. The first kappa shape index (κ1) is 10.9. The van der Waals surface area contributed by atoms with Crippen LogP contribution >= 0.6 is 0 Å². The van der Waals surface area contributed by atoms with E-state index in [2.05, 4.69) is 17.6 Å². The van der Waals surface area contributed by atoms with Gasteiger partial charge in [-0.3, -0.25) is 4.79 Å². The summed E-state index contributed by atoms with van der Waals surface area (Å²) >= 11 is 0. The highest BCUT2D eigenvalue weighted by molar-refractivity contribution is 5.79. The van der Waals surface area contributed by atoms with Gasteiger partial charge in [0, 0.05) is 18.5 Å². The van der Waals surface area contributed by atoms with Crippen LogP contribution in [0.5, 0.6) is 0 Å². The summed E-state index contributed by atoms with van der Waals surface area (Å²) in [7, 11) is 0. The van der Waals surface area contributed by atoms with E-state index in [1.54, 1.807) is 0 Å². The summed E-state index contributed by atoms with van der Waals surface area (Å²) in [5, 5.41) is 6.43. The first-order valence-corrected chi connectivity index (χ1v) is 6.27. The van der Waals surface area contributed by atoms with Crippen molar-refractivity contribution >= 4 is 5.91 Å². The normalized spacial score (nSPS) is 36.5. The molecule has 1 aliphatic heterocycles. The number of hydrogen-bond acceptors (Lipinski definition) is 2. The molecular formula is C12H22N2O. The molecule has 0 aromatic carbocycles. The van der Waals surface area contributed by atoms with E-state index in [9.17, 15) is 4.79 Å². The number of carbonyl (C=O) groups is 1. The Morgan fingerprint density at radius 3 is 2.53 bits per heavy atom. The molecule has 0 aromatic rings. The Hall–Kier alpha value is -0.570. The lowest BCUT2D eigenvalue weighted by atomic mass is 9.82. The molecule has 15 heavy (non-hydrogen) atoms. The third-order valence-corrected chi connectivity index (χ3v) is 3.79. The Balaban J connectivity index is 1.75. The minimum absolute atomic E-state index is 0.293. The lowest BCUT2D eigenvalue weighted by Gasteiger charge is -2.26. The molecule has 2 fully saturated rings. The Bertz CT molecular complexity index is 216. The molecule has 0 unspecified atom stereocenters. The van der Waals surface area contributed by atoms with E-state index in [0.717, 1.165) is 38.3 Å². The molecule has 1 amide bonds. The molecule has 2 rings (SSSR count). The molecule has 1 atom stereocenters. The third-order valence-electron chi connectivity index (χ3n) is 3.79. The highest BCUT2D eigenvalue weighted by Crippen LogP contribution is 2.28. The monoisotopic (exact) mass is 210 g/mol. The van der Waals surface area contributed by atoms with Crippen molar-refractivity contribution in [3.63, 3.8) is 0 Å². The molecule has 3 heteroatoms. The van der Waals surface area contributed by atoms with Crippen molar-refractivity contribution in [1.82, 2.24) is 10.6 Å². The van der Waals surface area contributed by atoms with Gasteiger partial charge in [0.1, 0.15) is 0 Å². The molecule has 1 saturated heterocycles. The summed E-state index contributed by atoms with van der Waals surface area (Å²) in [5.74, 6) is 1.42. The van der Waals surface area contributed by atoms with Gasteiger partial charge >= 0.3 is 0 Å². The van der Waals surface area contributed by atoms with Crippen LogP contribution in [0.1, 0.15) is 39.0 Å². The summed E-state index contributed by atoms with van der Waals surface area (Å²) in [6.07, 6.45) is 5.72. The van der Waals surface area contributed by atoms with Crippen molar-refractivity contribution in [1.29, 1.82) is 0 Å². The molecule has 86 valence electrons. The first-order valence-electron chi connectivity index (χ1n) is 6.27. The van der Waals surface area contributed by atoms with E-state index in [4.69, 9.17) is 0 Å². The fourth-order valence-corrected chi connectivity index (χ4v) is 2.62. The minimum atomic E-state index is 0.293. The number of rotatable bonds is 2. The van der Waals surface area contributed by atoms with Gasteiger partial charge in [0.2, 0.25) is 5.91 Å². The largest absolute Gasteiger partial charge is 0.352 e. The van der Waals surface area contributed by atoms with E-state index < -0.39 is 0 Å². The van der Waals surface area contributed by atoms with Crippen molar-refractivity contribution in [2.24, 2.45) is 11.8 Å². The van der Waals surface area contributed by atoms with Crippen LogP contribution in [-0.4, -0.2) is 25.0 Å². The summed E-state index contributed by atoms with van der Waals surface area (Å²) in [5.41, 5.74) is 0. The molecule has 0 radical (unpaired) electrons. The van der Waals surface area contributed by atoms with Crippen LogP contribution in [0, 0.1) is 11.8 Å². The molecule has 0 bridgehead atoms. The zero-order valence-electron chi connectivity index (χ0n) is 9.59. The molecule has 0 aromatic heterocycles. The van der Waals surface area contributed by atoms with Crippen LogP contribution in [0.15, 0.2) is 0 Å². The van der Waals surface area contributed by atoms with Gasteiger partial charge in [-0.2, -0.15) is 0 Å². The zero-order valence-corrected chi connectivity index (χ0v) is 9.59. The second-order valence-corrected chi connectivity index (χ2v) is 5.16. The van der Waals surface area contributed by atoms with Crippen LogP contribution in [0.2, 0.25) is 0 Å². The van der Waals surface area contributed by atoms with Gasteiger partial charge in [-0.25, -0.2) is 0 Å². The Morgan fingerprint density at radius 2 is 1.93 bits per heavy atom. The molecule has 2 aliphatic rings. The molecule has 2 N–H and O–H groups in total. The van der Waals surface area contributed by atoms with E-state index in [1.165, 1.54) is 12.8 Å². The fourth-order valence-electron chi connectivity index (χ4n) is 2.62. The lowest BCUT2D eigenvalue weighted by molar-refractivity contribution is -0.126. The SMILES string of the molecule is CC1CCC(C(=O)N[C@@H]2CCNC2)CC1. The smallest absolute Gasteiger partial charge is 0.223 e. The van der Waals surface area contributed by atoms with E-state index in [-0.39, 0.29) is 0 Å². The van der Waals surface area contributed by atoms with E-state index in [0.29, 0.717) is 17.9 Å². The molecule has 1 heterocycles. The quantitative estimate of drug-likeness (QED) is 0.721. The summed E-state index contributed by atoms with van der Waals surface area (Å²) in [6, 6.07) is 0.386. The average molecular weight is 210 g/mol. The van der Waals surface area contributed by atoms with E-state index >= 15 is 0 Å². The van der Waals surface area contributed by atoms with Crippen molar-refractivity contribution in [2.45, 2.75) is 45.1 Å². The standard InChI is InChI=1S/C12H22N2O/c1-9-2-4-10(5-3-9)12(15)14-11-6-7-13-8-11/h9-11,13H,2-8H2,1H3,(H,14,15)/t9?,10?,11-/m1/s1. The van der Waals surface area contributed by atoms with Crippen molar-refractivity contribution in [3.8, 4) is 0 Å². The Morgan fingerprint density at radius 1 is 1.20 bits per heavy atom. The van der Waals surface area contributed by atoms with Crippen LogP contribution in [0.25, 0.3) is 0 Å². The molecule has 1 saturated carbocycles. The topological polar surface area (TPSA) is 41.1 Å². The molecule has 0 spiro atoms. The first-order chi connectivity index (χ1) is 7.25. The maximum absolute atomic E-state index is 11.9. The van der Waals surface area contributed by atoms with Crippen LogP contribution < -0.4 is 10.6 Å². The summed E-state index contributed by atoms with van der Waals surface area (Å²) in [4.78, 5) is 11.9. The number of hydrogen-bond donors (Lipinski definition) is 2. The second-order valence-electron chi connectivity index (χ2n) is 5.16. The maximum atomic E-state index is 11.9. The predicted octanol–water partition coefficient (Wildman–Crippen LogP) is 1.29. The summed E-state index contributed by atoms with van der Waals surface area (Å²) in [6.45, 7) is 4.29. The van der Waals surface area contributed by atoms with Gasteiger partial charge in [0.25, 0.3) is 0 Å². The highest BCUT2D eigenvalue weighted by atomic mass is 16.1. The third kappa shape index (κ3) is 2.94. The van der Waals surface area contributed by atoms with Gasteiger partial charge < -0.3 is 10.6 Å². The predicted molar refractivity (Wildman–Crippen MR) is 60.5 cm³/mol. The minimum Gasteiger partial charge on any atom is -0.352 e. The number of nitrogens with one attached hydrogen (secondary N) is 2. The lowest BCUT2D eigenvalue weighted by Crippen LogP contribution is -2.40. The maximum Gasteiger partial charge on any atom is 0.223 e. The van der Waals surface area contributed by atoms with Gasteiger partial charge in [-0.05, 0) is 44.6 Å². The molecule has 1 aliphatic carbocycles. The van der Waals surface area contributed by atoms with E-state index in [1.807, 2.05) is 0 Å². The highest BCUT2D eigenvalue weighted by Gasteiger charge is 2.26.